The third-order valence-electron chi connectivity index (χ3n) is 3.79. The van der Waals surface area contributed by atoms with E-state index in [0.29, 0.717) is 11.4 Å². The zero-order valence-electron chi connectivity index (χ0n) is 12.2. The summed E-state index contributed by atoms with van der Waals surface area (Å²) in [6, 6.07) is 3.70. The van der Waals surface area contributed by atoms with Crippen LogP contribution in [0, 0.1) is 0 Å². The Kier molecular flexibility index (Phi) is 4.92. The Bertz CT molecular complexity index is 465. The second kappa shape index (κ2) is 6.67. The van der Waals surface area contributed by atoms with E-state index in [1.54, 1.807) is 18.3 Å². The number of anilines is 1. The quantitative estimate of drug-likeness (QED) is 0.635. The lowest BCUT2D eigenvalue weighted by Gasteiger charge is -2.30. The minimum absolute atomic E-state index is 0.0612. The van der Waals surface area contributed by atoms with Gasteiger partial charge >= 0.3 is 0 Å². The van der Waals surface area contributed by atoms with Crippen LogP contribution >= 0.6 is 0 Å². The van der Waals surface area contributed by atoms with Crippen LogP contribution in [0.3, 0.4) is 0 Å². The number of nitrogens with zero attached hydrogens (tertiary/aromatic N) is 3. The van der Waals surface area contributed by atoms with Gasteiger partial charge < -0.3 is 15.2 Å². The summed E-state index contributed by atoms with van der Waals surface area (Å²) in [6.45, 7) is 4.89. The van der Waals surface area contributed by atoms with Gasteiger partial charge in [-0.15, -0.1) is 0 Å². The van der Waals surface area contributed by atoms with Crippen LogP contribution in [0.15, 0.2) is 18.3 Å². The molecule has 1 aliphatic rings. The topological polar surface area (TPSA) is 74.5 Å². The summed E-state index contributed by atoms with van der Waals surface area (Å²) in [6.07, 6.45) is 3.57. The first-order valence-electron chi connectivity index (χ1n) is 7.08. The van der Waals surface area contributed by atoms with E-state index in [-0.39, 0.29) is 11.9 Å². The van der Waals surface area contributed by atoms with Crippen molar-refractivity contribution >= 4 is 11.7 Å². The molecule has 6 nitrogen and oxygen atoms in total. The number of carbonyl (C=O) groups is 1. The molecule has 1 aromatic heterocycles. The molecule has 1 aliphatic heterocycles. The Morgan fingerprint density at radius 3 is 3.05 bits per heavy atom. The number of carbonyl (C=O) groups excluding carboxylic acids is 1. The van der Waals surface area contributed by atoms with Crippen molar-refractivity contribution in [2.75, 3.05) is 32.1 Å². The van der Waals surface area contributed by atoms with E-state index in [0.717, 1.165) is 32.5 Å². The van der Waals surface area contributed by atoms with E-state index in [4.69, 9.17) is 5.84 Å². The molecule has 1 amide bonds. The highest BCUT2D eigenvalue weighted by molar-refractivity contribution is 5.95. The fourth-order valence-corrected chi connectivity index (χ4v) is 2.67. The number of nitrogens with one attached hydrogen (secondary N) is 1. The van der Waals surface area contributed by atoms with Gasteiger partial charge in [0.05, 0.1) is 0 Å². The van der Waals surface area contributed by atoms with Crippen molar-refractivity contribution < 1.29 is 4.79 Å². The van der Waals surface area contributed by atoms with Crippen LogP contribution in [0.2, 0.25) is 0 Å². The molecule has 0 spiro atoms. The van der Waals surface area contributed by atoms with Crippen LogP contribution in [0.1, 0.15) is 30.1 Å². The Hall–Kier alpha value is -1.66. The highest BCUT2D eigenvalue weighted by Gasteiger charge is 2.26. The molecule has 110 valence electrons. The van der Waals surface area contributed by atoms with E-state index in [1.807, 2.05) is 4.90 Å². The van der Waals surface area contributed by atoms with E-state index >= 15 is 0 Å². The zero-order chi connectivity index (χ0) is 14.5. The monoisotopic (exact) mass is 277 g/mol. The first-order chi connectivity index (χ1) is 9.65. The van der Waals surface area contributed by atoms with Crippen LogP contribution in [0.4, 0.5) is 5.82 Å². The van der Waals surface area contributed by atoms with Crippen molar-refractivity contribution in [2.24, 2.45) is 5.84 Å². The number of pyridine rings is 1. The van der Waals surface area contributed by atoms with Gasteiger partial charge in [0.15, 0.2) is 0 Å². The first-order valence-corrected chi connectivity index (χ1v) is 7.08. The molecule has 2 rings (SSSR count). The smallest absolute Gasteiger partial charge is 0.254 e. The predicted molar refractivity (Wildman–Crippen MR) is 79.3 cm³/mol. The molecule has 0 saturated carbocycles. The van der Waals surface area contributed by atoms with Gasteiger partial charge in [0.1, 0.15) is 5.82 Å². The van der Waals surface area contributed by atoms with E-state index < -0.39 is 0 Å². The summed E-state index contributed by atoms with van der Waals surface area (Å²) in [5.41, 5.74) is 3.11. The van der Waals surface area contributed by atoms with Crippen LogP contribution in [0.25, 0.3) is 0 Å². The predicted octanol–water partition coefficient (Wildman–Crippen LogP) is 0.924. The number of aromatic nitrogens is 1. The fraction of sp³-hybridized carbons (Fsp3) is 0.571. The number of nitrogens with two attached hydrogens (primary N) is 1. The fourth-order valence-electron chi connectivity index (χ4n) is 2.67. The van der Waals surface area contributed by atoms with Crippen LogP contribution < -0.4 is 11.3 Å². The summed E-state index contributed by atoms with van der Waals surface area (Å²) in [7, 11) is 2.11. The molecule has 2 heterocycles. The second-order valence-electron chi connectivity index (χ2n) is 5.25. The van der Waals surface area contributed by atoms with Crippen molar-refractivity contribution in [2.45, 2.75) is 25.8 Å². The zero-order valence-corrected chi connectivity index (χ0v) is 12.2. The molecule has 1 unspecified atom stereocenters. The SMILES string of the molecule is CCC1CN(C)CCCN1C(=O)c1ccnc(NN)c1. The minimum atomic E-state index is 0.0612. The van der Waals surface area contributed by atoms with Gasteiger partial charge in [0.2, 0.25) is 0 Å². The lowest BCUT2D eigenvalue weighted by molar-refractivity contribution is 0.0675. The van der Waals surface area contributed by atoms with E-state index in [1.165, 1.54) is 0 Å². The molecule has 1 saturated heterocycles. The highest BCUT2D eigenvalue weighted by Crippen LogP contribution is 2.17. The van der Waals surface area contributed by atoms with Crippen LogP contribution in [0.5, 0.6) is 0 Å². The van der Waals surface area contributed by atoms with E-state index in [9.17, 15) is 4.79 Å². The van der Waals surface area contributed by atoms with Gasteiger partial charge in [0, 0.05) is 30.9 Å². The van der Waals surface area contributed by atoms with Gasteiger partial charge in [0.25, 0.3) is 5.91 Å². The highest BCUT2D eigenvalue weighted by atomic mass is 16.2. The number of likely N-dealkylation sites (N-methyl/N-ethyl adjacent to an activating group) is 1. The number of amides is 1. The second-order valence-corrected chi connectivity index (χ2v) is 5.25. The van der Waals surface area contributed by atoms with Crippen molar-refractivity contribution in [3.05, 3.63) is 23.9 Å². The summed E-state index contributed by atoms with van der Waals surface area (Å²) in [5.74, 6) is 5.92. The maximum absolute atomic E-state index is 12.7. The van der Waals surface area contributed by atoms with Gasteiger partial charge in [-0.05, 0) is 38.6 Å². The third kappa shape index (κ3) is 3.26. The van der Waals surface area contributed by atoms with Crippen LogP contribution in [-0.4, -0.2) is 53.4 Å². The van der Waals surface area contributed by atoms with Crippen molar-refractivity contribution in [3.63, 3.8) is 0 Å². The number of hydrazine groups is 1. The molecule has 1 atom stereocenters. The number of hydrogen-bond acceptors (Lipinski definition) is 5. The van der Waals surface area contributed by atoms with Gasteiger partial charge in [-0.1, -0.05) is 6.92 Å². The average molecular weight is 277 g/mol. The van der Waals surface area contributed by atoms with Gasteiger partial charge in [-0.2, -0.15) is 0 Å². The Morgan fingerprint density at radius 1 is 1.55 bits per heavy atom. The van der Waals surface area contributed by atoms with E-state index in [2.05, 4.69) is 29.3 Å². The Labute approximate surface area is 119 Å². The molecular formula is C14H23N5O. The molecule has 20 heavy (non-hydrogen) atoms. The number of rotatable bonds is 3. The van der Waals surface area contributed by atoms with Crippen molar-refractivity contribution in [3.8, 4) is 0 Å². The molecule has 0 aliphatic carbocycles. The normalized spacial score (nSPS) is 20.6. The van der Waals surface area contributed by atoms with Gasteiger partial charge in [-0.3, -0.25) is 4.79 Å². The number of nitrogen functional groups attached to an aromatic ring is 1. The van der Waals surface area contributed by atoms with Crippen molar-refractivity contribution in [1.29, 1.82) is 0 Å². The third-order valence-corrected chi connectivity index (χ3v) is 3.79. The van der Waals surface area contributed by atoms with Crippen molar-refractivity contribution in [1.82, 2.24) is 14.8 Å². The average Bonchev–Trinajstić information content (AvgIpc) is 2.67. The molecule has 0 bridgehead atoms. The van der Waals surface area contributed by atoms with Gasteiger partial charge in [-0.25, -0.2) is 10.8 Å². The lowest BCUT2D eigenvalue weighted by Crippen LogP contribution is -2.43. The minimum Gasteiger partial charge on any atom is -0.334 e. The molecular weight excluding hydrogens is 254 g/mol. The summed E-state index contributed by atoms with van der Waals surface area (Å²) < 4.78 is 0. The summed E-state index contributed by atoms with van der Waals surface area (Å²) in [5, 5.41) is 0. The standard InChI is InChI=1S/C14H23N5O/c1-3-12-10-18(2)7-4-8-19(12)14(20)11-5-6-16-13(9-11)17-15/h5-6,9,12H,3-4,7-8,10,15H2,1-2H3,(H,16,17). The molecule has 6 heteroatoms. The maximum atomic E-state index is 12.7. The largest absolute Gasteiger partial charge is 0.334 e. The maximum Gasteiger partial charge on any atom is 0.254 e. The Balaban J connectivity index is 2.20. The Morgan fingerprint density at radius 2 is 2.35 bits per heavy atom. The first kappa shape index (κ1) is 14.7. The molecule has 0 radical (unpaired) electrons. The van der Waals surface area contributed by atoms with Crippen LogP contribution in [-0.2, 0) is 0 Å². The number of hydrogen-bond donors (Lipinski definition) is 2. The molecule has 3 N–H and O–H groups in total. The molecule has 1 aromatic rings. The summed E-state index contributed by atoms with van der Waals surface area (Å²) >= 11 is 0. The molecule has 0 aromatic carbocycles. The lowest BCUT2D eigenvalue weighted by atomic mass is 10.1. The summed E-state index contributed by atoms with van der Waals surface area (Å²) in [4.78, 5) is 21.0. The molecule has 1 fully saturated rings.